The first-order chi connectivity index (χ1) is 7.63. The number of rotatable bonds is 2. The van der Waals surface area contributed by atoms with Gasteiger partial charge in [0.15, 0.2) is 0 Å². The Morgan fingerprint density at radius 2 is 1.88 bits per heavy atom. The normalized spacial score (nSPS) is 34.9. The van der Waals surface area contributed by atoms with Crippen LogP contribution in [0.5, 0.6) is 0 Å². The summed E-state index contributed by atoms with van der Waals surface area (Å²) in [5.41, 5.74) is 2.12. The van der Waals surface area contributed by atoms with Crippen molar-refractivity contribution in [3.05, 3.63) is 35.9 Å². The molecule has 0 nitrogen and oxygen atoms in total. The fourth-order valence-corrected chi connectivity index (χ4v) is 3.44. The van der Waals surface area contributed by atoms with Gasteiger partial charge in [0.05, 0.1) is 0 Å². The Hall–Kier alpha value is -0.780. The molecule has 0 saturated heterocycles. The van der Waals surface area contributed by atoms with Crippen LogP contribution in [0.25, 0.3) is 0 Å². The highest BCUT2D eigenvalue weighted by molar-refractivity contribution is 5.20. The molecule has 0 aromatic heterocycles. The second-order valence-corrected chi connectivity index (χ2v) is 6.02. The topological polar surface area (TPSA) is 0 Å². The molecule has 0 bridgehead atoms. The molecule has 2 rings (SSSR count). The summed E-state index contributed by atoms with van der Waals surface area (Å²) >= 11 is 0. The van der Waals surface area contributed by atoms with Crippen molar-refractivity contribution in [3.8, 4) is 0 Å². The first-order valence-corrected chi connectivity index (χ1v) is 6.68. The third kappa shape index (κ3) is 2.48. The van der Waals surface area contributed by atoms with Gasteiger partial charge in [-0.25, -0.2) is 0 Å². The van der Waals surface area contributed by atoms with E-state index in [2.05, 4.69) is 51.1 Å². The van der Waals surface area contributed by atoms with Gasteiger partial charge in [0, 0.05) is 0 Å². The van der Waals surface area contributed by atoms with Crippen LogP contribution in [0.15, 0.2) is 30.3 Å². The van der Waals surface area contributed by atoms with Crippen molar-refractivity contribution in [1.82, 2.24) is 0 Å². The highest BCUT2D eigenvalue weighted by atomic mass is 14.4. The minimum absolute atomic E-state index is 0.568. The van der Waals surface area contributed by atoms with Crippen LogP contribution in [0.2, 0.25) is 0 Å². The molecule has 1 aromatic rings. The Bertz CT molecular complexity index is 327. The molecule has 16 heavy (non-hydrogen) atoms. The van der Waals surface area contributed by atoms with Crippen LogP contribution in [0.1, 0.15) is 57.9 Å². The lowest BCUT2D eigenvalue weighted by Crippen LogP contribution is -2.28. The largest absolute Gasteiger partial charge is 0.0649 e. The average molecular weight is 216 g/mol. The molecule has 1 fully saturated rings. The lowest BCUT2D eigenvalue weighted by molar-refractivity contribution is 0.142. The van der Waals surface area contributed by atoms with Gasteiger partial charge < -0.3 is 0 Å². The van der Waals surface area contributed by atoms with Crippen LogP contribution >= 0.6 is 0 Å². The van der Waals surface area contributed by atoms with Crippen molar-refractivity contribution in [2.75, 3.05) is 0 Å². The summed E-state index contributed by atoms with van der Waals surface area (Å²) in [5.74, 6) is 1.67. The monoisotopic (exact) mass is 216 g/mol. The summed E-state index contributed by atoms with van der Waals surface area (Å²) in [7, 11) is 0. The van der Waals surface area contributed by atoms with E-state index in [4.69, 9.17) is 0 Å². The van der Waals surface area contributed by atoms with E-state index in [1.54, 1.807) is 5.56 Å². The summed E-state index contributed by atoms with van der Waals surface area (Å²) < 4.78 is 0. The first-order valence-electron chi connectivity index (χ1n) is 6.68. The van der Waals surface area contributed by atoms with E-state index in [1.165, 1.54) is 25.7 Å². The highest BCUT2D eigenvalue weighted by Gasteiger charge is 2.34. The Morgan fingerprint density at radius 3 is 2.50 bits per heavy atom. The van der Waals surface area contributed by atoms with Gasteiger partial charge in [0.2, 0.25) is 0 Å². The molecule has 88 valence electrons. The van der Waals surface area contributed by atoms with Crippen LogP contribution in [0, 0.1) is 11.3 Å². The molecule has 0 spiro atoms. The maximum absolute atomic E-state index is 2.47. The minimum atomic E-state index is 0.568. The Kier molecular flexibility index (Phi) is 3.37. The lowest BCUT2D eigenvalue weighted by Gasteiger charge is -2.41. The Balaban J connectivity index is 2.17. The van der Waals surface area contributed by atoms with E-state index in [9.17, 15) is 0 Å². The van der Waals surface area contributed by atoms with Gasteiger partial charge in [0.1, 0.15) is 0 Å². The van der Waals surface area contributed by atoms with Gasteiger partial charge in [-0.2, -0.15) is 0 Å². The molecule has 1 saturated carbocycles. The van der Waals surface area contributed by atoms with E-state index in [-0.39, 0.29) is 0 Å². The molecule has 0 heteroatoms. The zero-order valence-corrected chi connectivity index (χ0v) is 10.9. The summed E-state index contributed by atoms with van der Waals surface area (Å²) in [6.07, 6.45) is 5.48. The molecule has 0 N–H and O–H groups in total. The molecular formula is C16H24. The zero-order valence-electron chi connectivity index (χ0n) is 10.9. The maximum Gasteiger partial charge on any atom is -0.0154 e. The van der Waals surface area contributed by atoms with Crippen LogP contribution in [0.4, 0.5) is 0 Å². The number of hydrogen-bond acceptors (Lipinski definition) is 0. The standard InChI is InChI=1S/C16H24/c1-4-16(3)11-13(2)10-15(12-16)14-8-6-5-7-9-14/h5-9,13,15H,4,10-12H2,1-3H3. The smallest absolute Gasteiger partial charge is 0.0154 e. The van der Waals surface area contributed by atoms with Crippen molar-refractivity contribution >= 4 is 0 Å². The molecular weight excluding hydrogens is 192 g/mol. The zero-order chi connectivity index (χ0) is 11.6. The molecule has 3 atom stereocenters. The fraction of sp³-hybridized carbons (Fsp3) is 0.625. The van der Waals surface area contributed by atoms with Crippen LogP contribution < -0.4 is 0 Å². The van der Waals surface area contributed by atoms with Gasteiger partial charge in [-0.3, -0.25) is 0 Å². The second kappa shape index (κ2) is 4.61. The molecule has 0 amide bonds. The van der Waals surface area contributed by atoms with Crippen molar-refractivity contribution in [2.24, 2.45) is 11.3 Å². The maximum atomic E-state index is 2.47. The van der Waals surface area contributed by atoms with Gasteiger partial charge in [-0.1, -0.05) is 57.5 Å². The predicted octanol–water partition coefficient (Wildman–Crippen LogP) is 5.01. The summed E-state index contributed by atoms with van der Waals surface area (Å²) in [4.78, 5) is 0. The van der Waals surface area contributed by atoms with Gasteiger partial charge in [-0.15, -0.1) is 0 Å². The Labute approximate surface area is 100 Å². The van der Waals surface area contributed by atoms with Gasteiger partial charge in [0.25, 0.3) is 0 Å². The van der Waals surface area contributed by atoms with Crippen molar-refractivity contribution < 1.29 is 0 Å². The molecule has 0 aliphatic heterocycles. The molecule has 1 aliphatic rings. The molecule has 3 unspecified atom stereocenters. The fourth-order valence-electron chi connectivity index (χ4n) is 3.44. The lowest BCUT2D eigenvalue weighted by atomic mass is 9.64. The quantitative estimate of drug-likeness (QED) is 0.652. The third-order valence-corrected chi connectivity index (χ3v) is 4.39. The first kappa shape index (κ1) is 11.7. The minimum Gasteiger partial charge on any atom is -0.0649 e. The van der Waals surface area contributed by atoms with Crippen LogP contribution in [-0.4, -0.2) is 0 Å². The predicted molar refractivity (Wildman–Crippen MR) is 70.6 cm³/mol. The van der Waals surface area contributed by atoms with E-state index >= 15 is 0 Å². The molecule has 1 aliphatic carbocycles. The number of hydrogen-bond donors (Lipinski definition) is 0. The third-order valence-electron chi connectivity index (χ3n) is 4.39. The highest BCUT2D eigenvalue weighted by Crippen LogP contribution is 2.47. The molecule has 0 heterocycles. The van der Waals surface area contributed by atoms with Crippen molar-refractivity contribution in [1.29, 1.82) is 0 Å². The van der Waals surface area contributed by atoms with E-state index in [0.717, 1.165) is 11.8 Å². The van der Waals surface area contributed by atoms with Crippen molar-refractivity contribution in [2.45, 2.75) is 52.4 Å². The SMILES string of the molecule is CCC1(C)CC(C)CC(c2ccccc2)C1. The van der Waals surface area contributed by atoms with Gasteiger partial charge >= 0.3 is 0 Å². The summed E-state index contributed by atoms with van der Waals surface area (Å²) in [5, 5.41) is 0. The van der Waals surface area contributed by atoms with Crippen molar-refractivity contribution in [3.63, 3.8) is 0 Å². The van der Waals surface area contributed by atoms with E-state index in [0.29, 0.717) is 5.41 Å². The van der Waals surface area contributed by atoms with E-state index < -0.39 is 0 Å². The number of benzene rings is 1. The van der Waals surface area contributed by atoms with Crippen LogP contribution in [0.3, 0.4) is 0 Å². The molecule has 0 radical (unpaired) electrons. The Morgan fingerprint density at radius 1 is 1.19 bits per heavy atom. The second-order valence-electron chi connectivity index (χ2n) is 6.02. The van der Waals surface area contributed by atoms with Crippen LogP contribution in [-0.2, 0) is 0 Å². The molecule has 1 aromatic carbocycles. The summed E-state index contributed by atoms with van der Waals surface area (Å²) in [6, 6.07) is 11.1. The summed E-state index contributed by atoms with van der Waals surface area (Å²) in [6.45, 7) is 7.24. The van der Waals surface area contributed by atoms with E-state index in [1.807, 2.05) is 0 Å². The van der Waals surface area contributed by atoms with Gasteiger partial charge in [-0.05, 0) is 42.1 Å². The average Bonchev–Trinajstić information content (AvgIpc) is 2.29.